The molecule has 1 rings (SSSR count). The SMILES string of the molecule is C=CCCCCCCCOCN(O)[C@H](CO)Cc1ccccc1. The van der Waals surface area contributed by atoms with E-state index < -0.39 is 0 Å². The molecule has 4 nitrogen and oxygen atoms in total. The molecule has 23 heavy (non-hydrogen) atoms. The lowest BCUT2D eigenvalue weighted by atomic mass is 10.1. The molecule has 130 valence electrons. The van der Waals surface area contributed by atoms with Gasteiger partial charge in [-0.25, -0.2) is 0 Å². The van der Waals surface area contributed by atoms with Crippen LogP contribution in [0.2, 0.25) is 0 Å². The molecule has 0 fully saturated rings. The molecule has 4 heteroatoms. The summed E-state index contributed by atoms with van der Waals surface area (Å²) >= 11 is 0. The Morgan fingerprint density at radius 3 is 2.48 bits per heavy atom. The molecule has 0 aliphatic rings. The van der Waals surface area contributed by atoms with Crippen molar-refractivity contribution in [3.05, 3.63) is 48.6 Å². The Labute approximate surface area is 140 Å². The van der Waals surface area contributed by atoms with Gasteiger partial charge in [-0.05, 0) is 31.2 Å². The summed E-state index contributed by atoms with van der Waals surface area (Å²) in [6.45, 7) is 4.39. The van der Waals surface area contributed by atoms with Crippen LogP contribution >= 0.6 is 0 Å². The van der Waals surface area contributed by atoms with E-state index in [-0.39, 0.29) is 19.4 Å². The van der Waals surface area contributed by atoms with Crippen LogP contribution < -0.4 is 0 Å². The van der Waals surface area contributed by atoms with Gasteiger partial charge < -0.3 is 15.1 Å². The molecular formula is C19H31NO3. The van der Waals surface area contributed by atoms with Crippen LogP contribution in [0.5, 0.6) is 0 Å². The number of hydrogen-bond acceptors (Lipinski definition) is 4. The summed E-state index contributed by atoms with van der Waals surface area (Å²) in [7, 11) is 0. The fourth-order valence-electron chi connectivity index (χ4n) is 2.44. The van der Waals surface area contributed by atoms with Crippen LogP contribution in [0.1, 0.15) is 44.1 Å². The Balaban J connectivity index is 2.09. The van der Waals surface area contributed by atoms with Gasteiger partial charge >= 0.3 is 0 Å². The normalized spacial score (nSPS) is 12.5. The summed E-state index contributed by atoms with van der Waals surface area (Å²) in [5.41, 5.74) is 1.09. The number of rotatable bonds is 14. The zero-order chi connectivity index (χ0) is 16.8. The molecule has 0 saturated heterocycles. The molecule has 1 aromatic carbocycles. The van der Waals surface area contributed by atoms with Gasteiger partial charge in [-0.2, -0.15) is 5.06 Å². The van der Waals surface area contributed by atoms with Crippen molar-refractivity contribution in [2.75, 3.05) is 19.9 Å². The first-order chi connectivity index (χ1) is 11.3. The van der Waals surface area contributed by atoms with E-state index in [1.165, 1.54) is 19.3 Å². The number of aliphatic hydroxyl groups is 1. The predicted molar refractivity (Wildman–Crippen MR) is 93.4 cm³/mol. The predicted octanol–water partition coefficient (Wildman–Crippen LogP) is 3.78. The summed E-state index contributed by atoms with van der Waals surface area (Å²) in [4.78, 5) is 0. The highest BCUT2D eigenvalue weighted by atomic mass is 16.6. The quantitative estimate of drug-likeness (QED) is 0.237. The maximum Gasteiger partial charge on any atom is 0.122 e. The Kier molecular flexibility index (Phi) is 11.4. The van der Waals surface area contributed by atoms with Crippen LogP contribution in [-0.4, -0.2) is 41.4 Å². The minimum absolute atomic E-state index is 0.0991. The van der Waals surface area contributed by atoms with Crippen LogP contribution in [0.4, 0.5) is 0 Å². The molecule has 2 N–H and O–H groups in total. The molecule has 0 aliphatic carbocycles. The number of allylic oxidation sites excluding steroid dienone is 1. The first-order valence-electron chi connectivity index (χ1n) is 8.57. The molecule has 0 spiro atoms. The van der Waals surface area contributed by atoms with E-state index in [9.17, 15) is 10.3 Å². The van der Waals surface area contributed by atoms with Crippen LogP contribution in [0.3, 0.4) is 0 Å². The molecule has 0 aromatic heterocycles. The Morgan fingerprint density at radius 1 is 1.09 bits per heavy atom. The van der Waals surface area contributed by atoms with Gasteiger partial charge in [-0.15, -0.1) is 6.58 Å². The number of aliphatic hydroxyl groups excluding tert-OH is 1. The van der Waals surface area contributed by atoms with Gasteiger partial charge in [-0.3, -0.25) is 0 Å². The Bertz CT molecular complexity index is 397. The number of ether oxygens (including phenoxy) is 1. The van der Waals surface area contributed by atoms with E-state index in [4.69, 9.17) is 4.74 Å². The fourth-order valence-corrected chi connectivity index (χ4v) is 2.44. The average Bonchev–Trinajstić information content (AvgIpc) is 2.59. The third kappa shape index (κ3) is 9.51. The highest BCUT2D eigenvalue weighted by Crippen LogP contribution is 2.08. The van der Waals surface area contributed by atoms with Crippen molar-refractivity contribution in [3.8, 4) is 0 Å². The second-order valence-corrected chi connectivity index (χ2v) is 5.85. The highest BCUT2D eigenvalue weighted by Gasteiger charge is 2.16. The molecule has 1 atom stereocenters. The Morgan fingerprint density at radius 2 is 1.78 bits per heavy atom. The first kappa shape index (κ1) is 19.8. The van der Waals surface area contributed by atoms with E-state index in [0.29, 0.717) is 13.0 Å². The molecule has 0 aliphatic heterocycles. The third-order valence-corrected chi connectivity index (χ3v) is 3.87. The van der Waals surface area contributed by atoms with Gasteiger partial charge in [0.05, 0.1) is 12.6 Å². The van der Waals surface area contributed by atoms with Gasteiger partial charge in [0, 0.05) is 6.61 Å². The molecule has 0 bridgehead atoms. The molecule has 0 heterocycles. The fraction of sp³-hybridized carbons (Fsp3) is 0.579. The maximum atomic E-state index is 10.0. The monoisotopic (exact) mass is 321 g/mol. The molecule has 1 aromatic rings. The second kappa shape index (κ2) is 13.3. The third-order valence-electron chi connectivity index (χ3n) is 3.87. The Hall–Kier alpha value is -1.20. The lowest BCUT2D eigenvalue weighted by Crippen LogP contribution is -2.38. The summed E-state index contributed by atoms with van der Waals surface area (Å²) in [5.74, 6) is 0. The van der Waals surface area contributed by atoms with E-state index >= 15 is 0 Å². The van der Waals surface area contributed by atoms with Crippen LogP contribution in [0.15, 0.2) is 43.0 Å². The van der Waals surface area contributed by atoms with Crippen molar-refractivity contribution in [2.45, 2.75) is 51.0 Å². The number of benzene rings is 1. The van der Waals surface area contributed by atoms with E-state index in [2.05, 4.69) is 6.58 Å². The summed E-state index contributed by atoms with van der Waals surface area (Å²) in [5, 5.41) is 20.5. The second-order valence-electron chi connectivity index (χ2n) is 5.85. The summed E-state index contributed by atoms with van der Waals surface area (Å²) < 4.78 is 5.49. The van der Waals surface area contributed by atoms with Crippen molar-refractivity contribution in [1.82, 2.24) is 5.06 Å². The summed E-state index contributed by atoms with van der Waals surface area (Å²) in [6, 6.07) is 9.51. The minimum atomic E-state index is -0.337. The smallest absolute Gasteiger partial charge is 0.122 e. The minimum Gasteiger partial charge on any atom is -0.395 e. The molecule has 0 saturated carbocycles. The highest BCUT2D eigenvalue weighted by molar-refractivity contribution is 5.15. The van der Waals surface area contributed by atoms with Gasteiger partial charge in [0.25, 0.3) is 0 Å². The van der Waals surface area contributed by atoms with Crippen LogP contribution in [0, 0.1) is 0 Å². The lowest BCUT2D eigenvalue weighted by Gasteiger charge is -2.24. The lowest BCUT2D eigenvalue weighted by molar-refractivity contribution is -0.194. The number of hydrogen-bond donors (Lipinski definition) is 2. The van der Waals surface area contributed by atoms with Crippen molar-refractivity contribution < 1.29 is 15.1 Å². The first-order valence-corrected chi connectivity index (χ1v) is 8.57. The largest absolute Gasteiger partial charge is 0.395 e. The topological polar surface area (TPSA) is 52.9 Å². The zero-order valence-corrected chi connectivity index (χ0v) is 14.1. The van der Waals surface area contributed by atoms with Gasteiger partial charge in [0.1, 0.15) is 6.73 Å². The summed E-state index contributed by atoms with van der Waals surface area (Å²) in [6.07, 6.45) is 9.48. The molecular weight excluding hydrogens is 290 g/mol. The zero-order valence-electron chi connectivity index (χ0n) is 14.1. The number of nitrogens with zero attached hydrogens (tertiary/aromatic N) is 1. The standard InChI is InChI=1S/C19H31NO3/c1-2-3-4-5-6-7-11-14-23-17-20(22)19(16-21)15-18-12-9-8-10-13-18/h2,8-10,12-13,19,21-22H,1,3-7,11,14-17H2/t19-/m0/s1. The van der Waals surface area contributed by atoms with Crippen molar-refractivity contribution >= 4 is 0 Å². The van der Waals surface area contributed by atoms with E-state index in [1.807, 2.05) is 36.4 Å². The van der Waals surface area contributed by atoms with Gasteiger partial charge in [0.15, 0.2) is 0 Å². The molecule has 0 radical (unpaired) electrons. The van der Waals surface area contributed by atoms with Gasteiger partial charge in [0.2, 0.25) is 0 Å². The number of hydroxylamine groups is 2. The van der Waals surface area contributed by atoms with Crippen LogP contribution in [0.25, 0.3) is 0 Å². The van der Waals surface area contributed by atoms with Crippen molar-refractivity contribution in [2.24, 2.45) is 0 Å². The van der Waals surface area contributed by atoms with Crippen molar-refractivity contribution in [3.63, 3.8) is 0 Å². The van der Waals surface area contributed by atoms with Crippen LogP contribution in [-0.2, 0) is 11.2 Å². The van der Waals surface area contributed by atoms with E-state index in [0.717, 1.165) is 29.9 Å². The maximum absolute atomic E-state index is 10.0. The van der Waals surface area contributed by atoms with Crippen molar-refractivity contribution in [1.29, 1.82) is 0 Å². The average molecular weight is 321 g/mol. The molecule has 0 unspecified atom stereocenters. The van der Waals surface area contributed by atoms with E-state index in [1.54, 1.807) is 0 Å². The molecule has 0 amide bonds. The van der Waals surface area contributed by atoms with Gasteiger partial charge in [-0.1, -0.05) is 55.7 Å². The number of unbranched alkanes of at least 4 members (excludes halogenated alkanes) is 5.